The van der Waals surface area contributed by atoms with E-state index in [4.69, 9.17) is 11.6 Å². The van der Waals surface area contributed by atoms with Crippen molar-refractivity contribution in [3.05, 3.63) is 33.3 Å². The highest BCUT2D eigenvalue weighted by molar-refractivity contribution is 6.33. The molecule has 120 valence electrons. The van der Waals surface area contributed by atoms with Gasteiger partial charge < -0.3 is 15.7 Å². The molecule has 2 amide bonds. The minimum Gasteiger partial charge on any atom is -0.393 e. The van der Waals surface area contributed by atoms with E-state index in [-0.39, 0.29) is 22.3 Å². The molecule has 3 N–H and O–H groups in total. The average molecular weight is 328 g/mol. The van der Waals surface area contributed by atoms with Crippen molar-refractivity contribution in [1.82, 2.24) is 5.32 Å². The van der Waals surface area contributed by atoms with E-state index in [0.29, 0.717) is 6.54 Å². The van der Waals surface area contributed by atoms with Crippen molar-refractivity contribution in [3.63, 3.8) is 0 Å². The minimum absolute atomic E-state index is 0.0417. The summed E-state index contributed by atoms with van der Waals surface area (Å²) in [4.78, 5) is 22.0. The standard InChI is InChI=1S/C14H18ClN3O4/c15-11-6-5-10(18(21)22)7-12(11)17-14(20)16-8-9-3-1-2-4-13(9)19/h5-7,9,13,19H,1-4,8H2,(H2,16,17,20)/t9-,13+/m1/s1. The third-order valence-electron chi connectivity index (χ3n) is 3.80. The second kappa shape index (κ2) is 7.42. The lowest BCUT2D eigenvalue weighted by atomic mass is 9.86. The van der Waals surface area contributed by atoms with Crippen LogP contribution in [-0.4, -0.2) is 28.7 Å². The highest BCUT2D eigenvalue weighted by Crippen LogP contribution is 2.27. The Morgan fingerprint density at radius 3 is 2.82 bits per heavy atom. The lowest BCUT2D eigenvalue weighted by Gasteiger charge is -2.27. The third kappa shape index (κ3) is 4.32. The summed E-state index contributed by atoms with van der Waals surface area (Å²) in [7, 11) is 0. The predicted molar refractivity (Wildman–Crippen MR) is 83.1 cm³/mol. The Morgan fingerprint density at radius 1 is 1.41 bits per heavy atom. The van der Waals surface area contributed by atoms with E-state index in [1.165, 1.54) is 18.2 Å². The van der Waals surface area contributed by atoms with Gasteiger partial charge in [0.2, 0.25) is 0 Å². The van der Waals surface area contributed by atoms with E-state index < -0.39 is 17.1 Å². The minimum atomic E-state index is -0.558. The van der Waals surface area contributed by atoms with Crippen molar-refractivity contribution in [2.75, 3.05) is 11.9 Å². The molecule has 1 aliphatic carbocycles. The number of aliphatic hydroxyl groups is 1. The maximum absolute atomic E-state index is 11.9. The van der Waals surface area contributed by atoms with Crippen LogP contribution in [0.25, 0.3) is 0 Å². The molecule has 2 rings (SSSR count). The van der Waals surface area contributed by atoms with Gasteiger partial charge in [-0.15, -0.1) is 0 Å². The number of carbonyl (C=O) groups is 1. The number of non-ortho nitro benzene ring substituents is 1. The molecule has 0 heterocycles. The van der Waals surface area contributed by atoms with Gasteiger partial charge in [-0.3, -0.25) is 10.1 Å². The van der Waals surface area contributed by atoms with E-state index >= 15 is 0 Å². The molecular weight excluding hydrogens is 310 g/mol. The number of carbonyl (C=O) groups excluding carboxylic acids is 1. The molecule has 1 aromatic carbocycles. The van der Waals surface area contributed by atoms with E-state index in [1.54, 1.807) is 0 Å². The van der Waals surface area contributed by atoms with Crippen LogP contribution in [0.4, 0.5) is 16.2 Å². The van der Waals surface area contributed by atoms with E-state index in [2.05, 4.69) is 10.6 Å². The number of hydrogen-bond acceptors (Lipinski definition) is 4. The number of urea groups is 1. The number of aliphatic hydroxyl groups excluding tert-OH is 1. The highest BCUT2D eigenvalue weighted by Gasteiger charge is 2.23. The first-order valence-electron chi connectivity index (χ1n) is 7.14. The zero-order valence-electron chi connectivity index (χ0n) is 11.9. The van der Waals surface area contributed by atoms with Crippen molar-refractivity contribution in [1.29, 1.82) is 0 Å². The zero-order valence-corrected chi connectivity index (χ0v) is 12.7. The van der Waals surface area contributed by atoms with E-state index in [0.717, 1.165) is 25.7 Å². The first kappa shape index (κ1) is 16.5. The number of nitro benzene ring substituents is 1. The largest absolute Gasteiger partial charge is 0.393 e. The topological polar surface area (TPSA) is 104 Å². The quantitative estimate of drug-likeness (QED) is 0.584. The maximum atomic E-state index is 11.9. The molecule has 22 heavy (non-hydrogen) atoms. The van der Waals surface area contributed by atoms with Gasteiger partial charge in [-0.25, -0.2) is 4.79 Å². The molecule has 0 unspecified atom stereocenters. The first-order chi connectivity index (χ1) is 10.5. The van der Waals surface area contributed by atoms with Crippen LogP contribution in [0, 0.1) is 16.0 Å². The van der Waals surface area contributed by atoms with Gasteiger partial charge >= 0.3 is 6.03 Å². The number of nitrogens with zero attached hydrogens (tertiary/aromatic N) is 1. The Hall–Kier alpha value is -1.86. The van der Waals surface area contributed by atoms with Crippen molar-refractivity contribution in [2.24, 2.45) is 5.92 Å². The van der Waals surface area contributed by atoms with E-state index in [9.17, 15) is 20.0 Å². The van der Waals surface area contributed by atoms with E-state index in [1.807, 2.05) is 0 Å². The van der Waals surface area contributed by atoms with Gasteiger partial charge in [-0.1, -0.05) is 24.4 Å². The number of hydrogen-bond donors (Lipinski definition) is 3. The molecule has 2 atom stereocenters. The Bertz CT molecular complexity index is 567. The maximum Gasteiger partial charge on any atom is 0.319 e. The molecule has 0 spiro atoms. The summed E-state index contributed by atoms with van der Waals surface area (Å²) in [6.45, 7) is 0.361. The number of rotatable bonds is 4. The molecule has 1 saturated carbocycles. The van der Waals surface area contributed by atoms with Crippen LogP contribution < -0.4 is 10.6 Å². The fraction of sp³-hybridized carbons (Fsp3) is 0.500. The number of halogens is 1. The van der Waals surface area contributed by atoms with Gasteiger partial charge in [-0.05, 0) is 18.9 Å². The van der Waals surface area contributed by atoms with Crippen LogP contribution in [-0.2, 0) is 0 Å². The fourth-order valence-electron chi connectivity index (χ4n) is 2.54. The molecule has 1 aliphatic rings. The highest BCUT2D eigenvalue weighted by atomic mass is 35.5. The molecule has 8 heteroatoms. The summed E-state index contributed by atoms with van der Waals surface area (Å²) < 4.78 is 0. The molecule has 7 nitrogen and oxygen atoms in total. The number of nitrogens with one attached hydrogen (secondary N) is 2. The van der Waals surface area contributed by atoms with Gasteiger partial charge in [0.15, 0.2) is 0 Å². The molecule has 1 aromatic rings. The molecule has 0 radical (unpaired) electrons. The summed E-state index contributed by atoms with van der Waals surface area (Å²) in [5.74, 6) is 0.0417. The first-order valence-corrected chi connectivity index (χ1v) is 7.52. The lowest BCUT2D eigenvalue weighted by molar-refractivity contribution is -0.384. The SMILES string of the molecule is O=C(NC[C@H]1CCCC[C@@H]1O)Nc1cc([N+](=O)[O-])ccc1Cl. The van der Waals surface area contributed by atoms with Gasteiger partial charge in [0, 0.05) is 24.6 Å². The van der Waals surface area contributed by atoms with Crippen molar-refractivity contribution < 1.29 is 14.8 Å². The Morgan fingerprint density at radius 2 is 2.14 bits per heavy atom. The van der Waals surface area contributed by atoms with Crippen LogP contribution in [0.1, 0.15) is 25.7 Å². The van der Waals surface area contributed by atoms with Crippen LogP contribution in [0.3, 0.4) is 0 Å². The monoisotopic (exact) mass is 327 g/mol. The number of amides is 2. The molecular formula is C14H18ClN3O4. The van der Waals surface area contributed by atoms with Crippen molar-refractivity contribution >= 4 is 29.0 Å². The Kier molecular flexibility index (Phi) is 5.57. The van der Waals surface area contributed by atoms with Crippen molar-refractivity contribution in [2.45, 2.75) is 31.8 Å². The van der Waals surface area contributed by atoms with Crippen LogP contribution in [0.5, 0.6) is 0 Å². The second-order valence-electron chi connectivity index (χ2n) is 5.37. The number of nitro groups is 1. The number of benzene rings is 1. The third-order valence-corrected chi connectivity index (χ3v) is 4.13. The van der Waals surface area contributed by atoms with Gasteiger partial charge in [0.05, 0.1) is 21.7 Å². The lowest BCUT2D eigenvalue weighted by Crippen LogP contribution is -2.38. The number of anilines is 1. The molecule has 0 aromatic heterocycles. The zero-order chi connectivity index (χ0) is 16.1. The fourth-order valence-corrected chi connectivity index (χ4v) is 2.70. The normalized spacial score (nSPS) is 21.2. The van der Waals surface area contributed by atoms with Gasteiger partial charge in [0.1, 0.15) is 0 Å². The van der Waals surface area contributed by atoms with Gasteiger partial charge in [-0.2, -0.15) is 0 Å². The van der Waals surface area contributed by atoms with Crippen LogP contribution in [0.2, 0.25) is 5.02 Å². The molecule has 0 saturated heterocycles. The van der Waals surface area contributed by atoms with Crippen LogP contribution in [0.15, 0.2) is 18.2 Å². The Labute approximate surface area is 132 Å². The second-order valence-corrected chi connectivity index (χ2v) is 5.78. The predicted octanol–water partition coefficient (Wildman–Crippen LogP) is 2.92. The van der Waals surface area contributed by atoms with Crippen molar-refractivity contribution in [3.8, 4) is 0 Å². The summed E-state index contributed by atoms with van der Waals surface area (Å²) in [5.41, 5.74) is 0.0277. The molecule has 0 bridgehead atoms. The summed E-state index contributed by atoms with van der Waals surface area (Å²) in [6, 6.07) is 3.33. The van der Waals surface area contributed by atoms with Gasteiger partial charge in [0.25, 0.3) is 5.69 Å². The molecule has 0 aliphatic heterocycles. The Balaban J connectivity index is 1.91. The smallest absolute Gasteiger partial charge is 0.319 e. The summed E-state index contributed by atoms with van der Waals surface area (Å²) >= 11 is 5.91. The summed E-state index contributed by atoms with van der Waals surface area (Å²) in [5, 5.41) is 26.0. The molecule has 1 fully saturated rings. The average Bonchev–Trinajstić information content (AvgIpc) is 2.48. The van der Waals surface area contributed by atoms with Crippen LogP contribution >= 0.6 is 11.6 Å². The summed E-state index contributed by atoms with van der Waals surface area (Å²) in [6.07, 6.45) is 3.29.